The van der Waals surface area contributed by atoms with Crippen LogP contribution in [0.4, 0.5) is 0 Å². The molecule has 0 rings (SSSR count). The van der Waals surface area contributed by atoms with Gasteiger partial charge in [-0.25, -0.2) is 0 Å². The van der Waals surface area contributed by atoms with Crippen LogP contribution in [0.25, 0.3) is 0 Å². The monoisotopic (exact) mass is 1260 g/mol. The Kier molecular flexibility index (Phi) is 74.5. The molecule has 0 aromatic carbocycles. The van der Waals surface area contributed by atoms with Crippen molar-refractivity contribution in [3.8, 4) is 0 Å². The second-order valence-corrected chi connectivity index (χ2v) is 23.9. The lowest BCUT2D eigenvalue weighted by Crippen LogP contribution is -2.28. The average Bonchev–Trinajstić information content (AvgIpc) is 3.64. The zero-order chi connectivity index (χ0) is 66.1. The first-order chi connectivity index (χ1) is 45.6. The lowest BCUT2D eigenvalue weighted by Gasteiger charge is -2.15. The molecule has 0 aliphatic carbocycles. The first-order valence-corrected chi connectivity index (χ1v) is 37.3. The molecule has 0 aliphatic heterocycles. The molecule has 514 valence electrons. The van der Waals surface area contributed by atoms with Crippen molar-refractivity contribution >= 4 is 11.9 Å². The van der Waals surface area contributed by atoms with Crippen LogP contribution in [0.3, 0.4) is 0 Å². The van der Waals surface area contributed by atoms with Crippen molar-refractivity contribution in [1.29, 1.82) is 0 Å². The first-order valence-electron chi connectivity index (χ1n) is 37.3. The van der Waals surface area contributed by atoms with E-state index in [1.165, 1.54) is 109 Å². The molecule has 0 saturated carbocycles. The Morgan fingerprint density at radius 2 is 0.435 bits per heavy atom. The normalized spacial score (nSPS) is 13.6. The maximum absolute atomic E-state index is 12.4. The molecule has 92 heavy (non-hydrogen) atoms. The van der Waals surface area contributed by atoms with Crippen LogP contribution in [0, 0.1) is 0 Å². The van der Waals surface area contributed by atoms with Crippen molar-refractivity contribution < 1.29 is 24.2 Å². The number of hydrogen-bond donors (Lipinski definition) is 1. The van der Waals surface area contributed by atoms with Gasteiger partial charge in [-0.15, -0.1) is 0 Å². The number of aliphatic hydroxyl groups excluding tert-OH is 1. The fourth-order valence-electron chi connectivity index (χ4n) is 9.78. The van der Waals surface area contributed by atoms with E-state index in [1.807, 2.05) is 0 Å². The van der Waals surface area contributed by atoms with Gasteiger partial charge in [0.1, 0.15) is 6.61 Å². The zero-order valence-corrected chi connectivity index (χ0v) is 59.0. The van der Waals surface area contributed by atoms with Crippen LogP contribution < -0.4 is 0 Å². The number of unbranched alkanes of at least 4 members (excludes halogenated alkanes) is 22. The number of esters is 2. The Balaban J connectivity index is 3.58. The summed E-state index contributed by atoms with van der Waals surface area (Å²) in [4.78, 5) is 24.7. The third kappa shape index (κ3) is 76.7. The largest absolute Gasteiger partial charge is 0.462 e. The van der Waals surface area contributed by atoms with Gasteiger partial charge >= 0.3 is 11.9 Å². The molecule has 0 spiro atoms. The fourth-order valence-corrected chi connectivity index (χ4v) is 9.78. The van der Waals surface area contributed by atoms with E-state index in [0.717, 1.165) is 161 Å². The minimum absolute atomic E-state index is 0.0809. The average molecular weight is 1260 g/mol. The van der Waals surface area contributed by atoms with E-state index in [-0.39, 0.29) is 25.2 Å². The summed E-state index contributed by atoms with van der Waals surface area (Å²) in [5, 5.41) is 9.72. The van der Waals surface area contributed by atoms with Crippen molar-refractivity contribution in [2.24, 2.45) is 0 Å². The third-order valence-electron chi connectivity index (χ3n) is 15.3. The predicted octanol–water partition coefficient (Wildman–Crippen LogP) is 26.6. The molecule has 0 bridgehead atoms. The summed E-state index contributed by atoms with van der Waals surface area (Å²) >= 11 is 0. The Hall–Kier alpha value is -5.78. The summed E-state index contributed by atoms with van der Waals surface area (Å²) in [5.74, 6) is -0.607. The van der Waals surface area contributed by atoms with E-state index in [1.54, 1.807) is 0 Å². The van der Waals surface area contributed by atoms with Crippen molar-refractivity contribution in [2.75, 3.05) is 13.2 Å². The maximum atomic E-state index is 12.4. The minimum atomic E-state index is -0.792. The van der Waals surface area contributed by atoms with E-state index < -0.39 is 6.10 Å². The number of hydrogen-bond acceptors (Lipinski definition) is 5. The number of carbonyl (C=O) groups excluding carboxylic acids is 2. The predicted molar refractivity (Wildman–Crippen MR) is 407 cm³/mol. The number of carbonyl (C=O) groups is 2. The Labute approximate surface area is 567 Å². The molecule has 0 amide bonds. The molecule has 1 N–H and O–H groups in total. The smallest absolute Gasteiger partial charge is 0.306 e. The summed E-state index contributed by atoms with van der Waals surface area (Å²) in [6, 6.07) is 0. The van der Waals surface area contributed by atoms with E-state index in [4.69, 9.17) is 9.47 Å². The molecule has 0 heterocycles. The van der Waals surface area contributed by atoms with Gasteiger partial charge in [0, 0.05) is 12.8 Å². The molecule has 1 unspecified atom stereocenters. The third-order valence-corrected chi connectivity index (χ3v) is 15.3. The maximum Gasteiger partial charge on any atom is 0.306 e. The van der Waals surface area contributed by atoms with Gasteiger partial charge in [0.2, 0.25) is 0 Å². The number of rotatable bonds is 66. The van der Waals surface area contributed by atoms with Crippen LogP contribution in [0.2, 0.25) is 0 Å². The van der Waals surface area contributed by atoms with E-state index >= 15 is 0 Å². The molecule has 0 fully saturated rings. The highest BCUT2D eigenvalue weighted by Gasteiger charge is 2.16. The SMILES string of the molecule is CC/C=C\C/C=C\C/C=C\C/C=C\C/C=C\C/C=C\C/C=C\C/C=C\C/C=C\CCCCCCCCCCCCCCCC(=O)OC(CO)COC(=O)CCCCCCCCCCC/C=C\C/C=C\C/C=C\C/C=C\C/C=C\C/C=C\C/C=C\C/C=C\C/C=C\CC. The van der Waals surface area contributed by atoms with Gasteiger partial charge in [-0.3, -0.25) is 9.59 Å². The summed E-state index contributed by atoms with van der Waals surface area (Å²) in [6.07, 6.45) is 128. The van der Waals surface area contributed by atoms with Crippen molar-refractivity contribution in [1.82, 2.24) is 0 Å². The van der Waals surface area contributed by atoms with Gasteiger partial charge in [-0.1, -0.05) is 348 Å². The molecule has 0 saturated heterocycles. The molecule has 5 nitrogen and oxygen atoms in total. The van der Waals surface area contributed by atoms with Gasteiger partial charge in [0.15, 0.2) is 6.10 Å². The summed E-state index contributed by atoms with van der Waals surface area (Å²) < 4.78 is 10.8. The topological polar surface area (TPSA) is 72.8 Å². The fraction of sp³-hybridized carbons (Fsp3) is 0.563. The van der Waals surface area contributed by atoms with Gasteiger partial charge in [0.25, 0.3) is 0 Å². The standard InChI is InChI=1S/C87H136O5/c1-3-5-7-9-11-13-15-17-19-21-23-25-27-29-31-33-35-37-39-41-42-43-44-46-48-50-52-54-56-58-60-62-64-66-68-70-72-74-76-78-80-82-87(90)92-85(83-88)84-91-86(89)81-79-77-75-73-71-69-67-65-63-61-59-57-55-53-51-49-47-45-40-38-36-34-32-30-28-26-24-22-20-18-16-14-12-10-8-6-4-2/h5-8,11-14,17-20,23-26,29-32,35-38,41-42,44-47,50-53,57,59,85,88H,3-4,9-10,15-16,21-22,27-28,33-34,39-40,43,48-49,54-56,58,60-84H2,1-2H3/b7-5-,8-6-,13-11-,14-12-,19-17-,20-18-,25-23-,26-24-,31-29-,32-30-,37-35-,38-36-,42-41-,46-44-,47-45-,52-50-,53-51-,59-57-. The van der Waals surface area contributed by atoms with Crippen molar-refractivity contribution in [3.05, 3.63) is 219 Å². The number of ether oxygens (including phenoxy) is 2. The highest BCUT2D eigenvalue weighted by molar-refractivity contribution is 5.70. The van der Waals surface area contributed by atoms with Gasteiger partial charge < -0.3 is 14.6 Å². The Morgan fingerprint density at radius 3 is 0.652 bits per heavy atom. The zero-order valence-electron chi connectivity index (χ0n) is 59.0. The van der Waals surface area contributed by atoms with Gasteiger partial charge in [-0.2, -0.15) is 0 Å². The van der Waals surface area contributed by atoms with Crippen molar-refractivity contribution in [3.63, 3.8) is 0 Å². The quantitative estimate of drug-likeness (QED) is 0.0373. The van der Waals surface area contributed by atoms with Crippen LogP contribution >= 0.6 is 0 Å². The molecular weight excluding hydrogens is 1120 g/mol. The second kappa shape index (κ2) is 79.5. The molecular formula is C87H136O5. The summed E-state index contributed by atoms with van der Waals surface area (Å²) in [5.41, 5.74) is 0. The van der Waals surface area contributed by atoms with Crippen LogP contribution in [-0.4, -0.2) is 36.4 Å². The van der Waals surface area contributed by atoms with Crippen LogP contribution in [0.15, 0.2) is 219 Å². The lowest BCUT2D eigenvalue weighted by molar-refractivity contribution is -0.161. The van der Waals surface area contributed by atoms with Crippen LogP contribution in [-0.2, 0) is 19.1 Å². The molecule has 0 aliphatic rings. The van der Waals surface area contributed by atoms with Crippen LogP contribution in [0.1, 0.15) is 296 Å². The second-order valence-electron chi connectivity index (χ2n) is 23.9. The first kappa shape index (κ1) is 86.2. The van der Waals surface area contributed by atoms with Gasteiger partial charge in [-0.05, 0) is 154 Å². The Morgan fingerprint density at radius 1 is 0.250 bits per heavy atom. The molecule has 0 radical (unpaired) electrons. The highest BCUT2D eigenvalue weighted by Crippen LogP contribution is 2.16. The lowest BCUT2D eigenvalue weighted by atomic mass is 10.0. The highest BCUT2D eigenvalue weighted by atomic mass is 16.6. The number of allylic oxidation sites excluding steroid dienone is 36. The number of aliphatic hydroxyl groups is 1. The van der Waals surface area contributed by atoms with Gasteiger partial charge in [0.05, 0.1) is 6.61 Å². The minimum Gasteiger partial charge on any atom is -0.462 e. The molecule has 0 aromatic heterocycles. The van der Waals surface area contributed by atoms with Crippen molar-refractivity contribution in [2.45, 2.75) is 302 Å². The molecule has 0 aromatic rings. The molecule has 5 heteroatoms. The van der Waals surface area contributed by atoms with E-state index in [2.05, 4.69) is 233 Å². The summed E-state index contributed by atoms with van der Waals surface area (Å²) in [7, 11) is 0. The van der Waals surface area contributed by atoms with Crippen LogP contribution in [0.5, 0.6) is 0 Å². The summed E-state index contributed by atoms with van der Waals surface area (Å²) in [6.45, 7) is 3.91. The van der Waals surface area contributed by atoms with E-state index in [9.17, 15) is 14.7 Å². The van der Waals surface area contributed by atoms with E-state index in [0.29, 0.717) is 12.8 Å². The Bertz CT molecular complexity index is 2170. The molecule has 1 atom stereocenters.